The summed E-state index contributed by atoms with van der Waals surface area (Å²) in [6.45, 7) is 1.24. The summed E-state index contributed by atoms with van der Waals surface area (Å²) in [5, 5.41) is 14.5. The highest BCUT2D eigenvalue weighted by Gasteiger charge is 2.15. The number of carbonyl (C=O) groups excluding carboxylic acids is 2. The van der Waals surface area contributed by atoms with Crippen molar-refractivity contribution in [1.82, 2.24) is 0 Å². The van der Waals surface area contributed by atoms with Gasteiger partial charge in [0, 0.05) is 11.1 Å². The number of para-hydroxylation sites is 1. The molecule has 3 aromatic rings. The average Bonchev–Trinajstić information content (AvgIpc) is 2.62. The van der Waals surface area contributed by atoms with Crippen LogP contribution in [0, 0.1) is 6.92 Å². The Morgan fingerprint density at radius 1 is 1.00 bits per heavy atom. The highest BCUT2D eigenvalue weighted by atomic mass is 16.5. The molecule has 0 heterocycles. The van der Waals surface area contributed by atoms with Crippen molar-refractivity contribution in [3.05, 3.63) is 71.8 Å². The van der Waals surface area contributed by atoms with E-state index in [9.17, 15) is 14.7 Å². The molecule has 126 valence electrons. The van der Waals surface area contributed by atoms with Crippen LogP contribution < -0.4 is 5.32 Å². The molecule has 1 amide bonds. The van der Waals surface area contributed by atoms with Gasteiger partial charge < -0.3 is 15.2 Å². The normalized spacial score (nSPS) is 10.4. The topological polar surface area (TPSA) is 75.6 Å². The number of carbonyl (C=O) groups is 2. The van der Waals surface area contributed by atoms with Gasteiger partial charge in [-0.25, -0.2) is 4.79 Å². The predicted octanol–water partition coefficient (Wildman–Crippen LogP) is 3.65. The second-order valence-corrected chi connectivity index (χ2v) is 5.62. The average molecular weight is 335 g/mol. The van der Waals surface area contributed by atoms with E-state index < -0.39 is 18.5 Å². The van der Waals surface area contributed by atoms with Crippen LogP contribution in [0.5, 0.6) is 5.75 Å². The first-order valence-corrected chi connectivity index (χ1v) is 7.79. The molecule has 3 rings (SSSR count). The maximum absolute atomic E-state index is 12.1. The zero-order valence-electron chi connectivity index (χ0n) is 13.7. The number of ether oxygens (including phenoxy) is 1. The van der Waals surface area contributed by atoms with Crippen LogP contribution in [0.1, 0.15) is 15.9 Å². The first-order chi connectivity index (χ1) is 12.1. The Morgan fingerprint density at radius 3 is 2.56 bits per heavy atom. The number of phenolic OH excluding ortho intramolecular Hbond substituents is 1. The van der Waals surface area contributed by atoms with E-state index >= 15 is 0 Å². The molecule has 0 aliphatic carbocycles. The molecule has 0 aliphatic rings. The van der Waals surface area contributed by atoms with E-state index in [2.05, 4.69) is 5.32 Å². The summed E-state index contributed by atoms with van der Waals surface area (Å²) in [5.41, 5.74) is 1.25. The van der Waals surface area contributed by atoms with E-state index in [4.69, 9.17) is 4.74 Å². The van der Waals surface area contributed by atoms with Crippen molar-refractivity contribution in [2.45, 2.75) is 6.92 Å². The lowest BCUT2D eigenvalue weighted by molar-refractivity contribution is -0.119. The zero-order chi connectivity index (χ0) is 17.8. The number of amides is 1. The fourth-order valence-electron chi connectivity index (χ4n) is 2.55. The van der Waals surface area contributed by atoms with Crippen LogP contribution in [0.2, 0.25) is 0 Å². The number of hydrogen-bond donors (Lipinski definition) is 2. The Kier molecular flexibility index (Phi) is 4.66. The largest absolute Gasteiger partial charge is 0.507 e. The third-order valence-corrected chi connectivity index (χ3v) is 3.86. The molecule has 0 fully saturated rings. The number of aromatic hydroxyl groups is 1. The number of benzene rings is 3. The van der Waals surface area contributed by atoms with Gasteiger partial charge in [0.1, 0.15) is 11.3 Å². The smallest absolute Gasteiger partial charge is 0.342 e. The van der Waals surface area contributed by atoms with Gasteiger partial charge in [-0.15, -0.1) is 0 Å². The second-order valence-electron chi connectivity index (χ2n) is 5.62. The minimum atomic E-state index is -0.741. The van der Waals surface area contributed by atoms with Gasteiger partial charge in [0.15, 0.2) is 6.61 Å². The summed E-state index contributed by atoms with van der Waals surface area (Å²) < 4.78 is 5.00. The molecule has 5 nitrogen and oxygen atoms in total. The summed E-state index contributed by atoms with van der Waals surface area (Å²) in [6, 6.07) is 18.0. The van der Waals surface area contributed by atoms with Crippen molar-refractivity contribution < 1.29 is 19.4 Å². The summed E-state index contributed by atoms with van der Waals surface area (Å²) in [4.78, 5) is 24.1. The molecule has 0 bridgehead atoms. The number of esters is 1. The van der Waals surface area contributed by atoms with Crippen LogP contribution in [-0.2, 0) is 9.53 Å². The first-order valence-electron chi connectivity index (χ1n) is 7.79. The lowest BCUT2D eigenvalue weighted by atomic mass is 10.1. The number of rotatable bonds is 4. The summed E-state index contributed by atoms with van der Waals surface area (Å²) >= 11 is 0. The number of anilines is 1. The highest BCUT2D eigenvalue weighted by molar-refractivity contribution is 6.03. The summed E-state index contributed by atoms with van der Waals surface area (Å²) in [7, 11) is 0. The number of aryl methyl sites for hydroxylation is 1. The second kappa shape index (κ2) is 7.05. The number of nitrogens with one attached hydrogen (secondary N) is 1. The Labute approximate surface area is 144 Å². The number of hydrogen-bond acceptors (Lipinski definition) is 4. The molecule has 0 atom stereocenters. The molecule has 0 saturated carbocycles. The van der Waals surface area contributed by atoms with E-state index in [0.29, 0.717) is 11.3 Å². The van der Waals surface area contributed by atoms with Gasteiger partial charge in [-0.2, -0.15) is 0 Å². The summed E-state index contributed by atoms with van der Waals surface area (Å²) in [6.07, 6.45) is 0. The predicted molar refractivity (Wildman–Crippen MR) is 95.7 cm³/mol. The van der Waals surface area contributed by atoms with Crippen molar-refractivity contribution in [3.8, 4) is 5.75 Å². The van der Waals surface area contributed by atoms with Gasteiger partial charge >= 0.3 is 5.97 Å². The molecule has 0 radical (unpaired) electrons. The molecule has 0 unspecified atom stereocenters. The molecular weight excluding hydrogens is 318 g/mol. The van der Waals surface area contributed by atoms with Crippen LogP contribution >= 0.6 is 0 Å². The lowest BCUT2D eigenvalue weighted by Gasteiger charge is -2.10. The Bertz CT molecular complexity index is 944. The molecule has 0 aliphatic heterocycles. The fourth-order valence-corrected chi connectivity index (χ4v) is 2.55. The third kappa shape index (κ3) is 3.61. The van der Waals surface area contributed by atoms with Crippen LogP contribution in [-0.4, -0.2) is 23.6 Å². The van der Waals surface area contributed by atoms with Crippen molar-refractivity contribution in [2.24, 2.45) is 0 Å². The molecule has 0 saturated heterocycles. The minimum absolute atomic E-state index is 0.0398. The first kappa shape index (κ1) is 16.5. The van der Waals surface area contributed by atoms with Gasteiger partial charge in [0.2, 0.25) is 0 Å². The Morgan fingerprint density at radius 2 is 1.72 bits per heavy atom. The van der Waals surface area contributed by atoms with Crippen molar-refractivity contribution in [3.63, 3.8) is 0 Å². The maximum atomic E-state index is 12.1. The number of fused-ring (bicyclic) bond motifs is 1. The van der Waals surface area contributed by atoms with E-state index in [1.54, 1.807) is 25.1 Å². The van der Waals surface area contributed by atoms with E-state index in [1.807, 2.05) is 36.4 Å². The van der Waals surface area contributed by atoms with Gasteiger partial charge in [-0.05, 0) is 30.0 Å². The Balaban J connectivity index is 1.67. The van der Waals surface area contributed by atoms with Crippen LogP contribution in [0.4, 0.5) is 5.69 Å². The van der Waals surface area contributed by atoms with E-state index in [0.717, 1.165) is 10.8 Å². The number of phenols is 1. The molecule has 5 heteroatoms. The molecule has 0 spiro atoms. The molecule has 3 aromatic carbocycles. The van der Waals surface area contributed by atoms with Gasteiger partial charge in [0.05, 0.1) is 0 Å². The van der Waals surface area contributed by atoms with Crippen molar-refractivity contribution in [1.29, 1.82) is 0 Å². The molecule has 0 aromatic heterocycles. The highest BCUT2D eigenvalue weighted by Crippen LogP contribution is 2.23. The van der Waals surface area contributed by atoms with E-state index in [1.165, 1.54) is 6.07 Å². The van der Waals surface area contributed by atoms with Crippen LogP contribution in [0.3, 0.4) is 0 Å². The fraction of sp³-hybridized carbons (Fsp3) is 0.100. The molecular formula is C20H17NO4. The molecule has 25 heavy (non-hydrogen) atoms. The van der Waals surface area contributed by atoms with Gasteiger partial charge in [0.25, 0.3) is 5.91 Å². The van der Waals surface area contributed by atoms with Crippen LogP contribution in [0.15, 0.2) is 60.7 Å². The van der Waals surface area contributed by atoms with Crippen molar-refractivity contribution >= 4 is 28.3 Å². The van der Waals surface area contributed by atoms with Crippen LogP contribution in [0.25, 0.3) is 10.8 Å². The summed E-state index contributed by atoms with van der Waals surface area (Å²) in [5.74, 6) is -1.33. The maximum Gasteiger partial charge on any atom is 0.342 e. The van der Waals surface area contributed by atoms with Crippen molar-refractivity contribution in [2.75, 3.05) is 11.9 Å². The van der Waals surface area contributed by atoms with Gasteiger partial charge in [-0.3, -0.25) is 4.79 Å². The monoisotopic (exact) mass is 335 g/mol. The quantitative estimate of drug-likeness (QED) is 0.714. The lowest BCUT2D eigenvalue weighted by Crippen LogP contribution is -2.21. The minimum Gasteiger partial charge on any atom is -0.507 e. The van der Waals surface area contributed by atoms with E-state index in [-0.39, 0.29) is 11.3 Å². The van der Waals surface area contributed by atoms with Gasteiger partial charge in [-0.1, -0.05) is 48.5 Å². The Hall–Kier alpha value is -3.34. The zero-order valence-corrected chi connectivity index (χ0v) is 13.7. The third-order valence-electron chi connectivity index (χ3n) is 3.86. The standard InChI is InChI=1S/C20H17NO4/c1-13-6-4-10-16(19(13)23)20(24)25-12-18(22)21-17-11-5-8-14-7-2-3-9-15(14)17/h2-11,23H,12H2,1H3,(H,21,22). The molecule has 2 N–H and O–H groups in total. The SMILES string of the molecule is Cc1cccc(C(=O)OCC(=O)Nc2cccc3ccccc23)c1O.